The molecule has 0 aromatic carbocycles. The number of unbranched alkanes of at least 4 members (excludes halogenated alkanes) is 1. The second-order valence-electron chi connectivity index (χ2n) is 3.68. The predicted molar refractivity (Wildman–Crippen MR) is 63.8 cm³/mol. The Morgan fingerprint density at radius 1 is 1.41 bits per heavy atom. The maximum atomic E-state index is 10.7. The highest BCUT2D eigenvalue weighted by molar-refractivity contribution is 7.85. The van der Waals surface area contributed by atoms with Crippen LogP contribution in [0.1, 0.15) is 33.1 Å². The van der Waals surface area contributed by atoms with E-state index >= 15 is 0 Å². The van der Waals surface area contributed by atoms with Crippen LogP contribution in [-0.2, 0) is 19.6 Å². The van der Waals surface area contributed by atoms with Gasteiger partial charge in [-0.05, 0) is 26.2 Å². The summed E-state index contributed by atoms with van der Waals surface area (Å²) in [5, 5.41) is 0. The van der Waals surface area contributed by atoms with Crippen LogP contribution in [0.25, 0.3) is 0 Å². The molecule has 1 unspecified atom stereocenters. The van der Waals surface area contributed by atoms with E-state index in [1.807, 2.05) is 0 Å². The first-order chi connectivity index (χ1) is 7.85. The van der Waals surface area contributed by atoms with E-state index in [9.17, 15) is 13.2 Å². The molecule has 0 bridgehead atoms. The number of carbonyl (C=O) groups excluding carboxylic acids is 1. The van der Waals surface area contributed by atoms with Crippen molar-refractivity contribution in [3.8, 4) is 11.8 Å². The van der Waals surface area contributed by atoms with Gasteiger partial charge in [0.25, 0.3) is 10.1 Å². The second kappa shape index (κ2) is 8.09. The number of hydrogen-bond donors (Lipinski definition) is 1. The predicted octanol–water partition coefficient (Wildman–Crippen LogP) is 1.25. The molecule has 98 valence electrons. The third kappa shape index (κ3) is 11.2. The number of carbonyl (C=O) groups is 1. The molecule has 0 aliphatic heterocycles. The summed E-state index contributed by atoms with van der Waals surface area (Å²) >= 11 is 0. The van der Waals surface area contributed by atoms with Crippen molar-refractivity contribution >= 4 is 16.1 Å². The molecule has 0 spiro atoms. The Labute approximate surface area is 102 Å². The minimum absolute atomic E-state index is 0.326. The van der Waals surface area contributed by atoms with Crippen molar-refractivity contribution in [2.75, 3.05) is 12.4 Å². The summed E-state index contributed by atoms with van der Waals surface area (Å²) in [6.07, 6.45) is 1.91. The number of hydrogen-bond acceptors (Lipinski definition) is 4. The molecule has 0 aromatic heterocycles. The fourth-order valence-electron chi connectivity index (χ4n) is 1.36. The van der Waals surface area contributed by atoms with Crippen LogP contribution in [0, 0.1) is 17.8 Å². The van der Waals surface area contributed by atoms with Crippen LogP contribution in [0.2, 0.25) is 0 Å². The molecule has 0 aliphatic carbocycles. The molecule has 0 aromatic rings. The molecule has 6 heteroatoms. The van der Waals surface area contributed by atoms with E-state index in [-0.39, 0.29) is 17.6 Å². The lowest BCUT2D eigenvalue weighted by atomic mass is 10.1. The normalized spacial score (nSPS) is 12.4. The van der Waals surface area contributed by atoms with Gasteiger partial charge < -0.3 is 4.74 Å². The molecular weight excluding hydrogens is 244 g/mol. The molecule has 0 saturated heterocycles. The molecule has 0 saturated carbocycles. The fourth-order valence-corrected chi connectivity index (χ4v) is 2.12. The van der Waals surface area contributed by atoms with Crippen molar-refractivity contribution in [2.24, 2.45) is 5.92 Å². The third-order valence-corrected chi connectivity index (χ3v) is 2.84. The first-order valence-electron chi connectivity index (χ1n) is 5.36. The molecule has 0 rings (SSSR count). The van der Waals surface area contributed by atoms with Gasteiger partial charge in [-0.25, -0.2) is 0 Å². The molecule has 0 amide bonds. The summed E-state index contributed by atoms with van der Waals surface area (Å²) in [4.78, 5) is 10.5. The summed E-state index contributed by atoms with van der Waals surface area (Å²) in [7, 11) is -3.99. The van der Waals surface area contributed by atoms with Crippen LogP contribution in [0.4, 0.5) is 0 Å². The third-order valence-electron chi connectivity index (χ3n) is 2.01. The fraction of sp³-hybridized carbons (Fsp3) is 0.727. The second-order valence-corrected chi connectivity index (χ2v) is 5.17. The molecule has 0 aliphatic rings. The highest BCUT2D eigenvalue weighted by Crippen LogP contribution is 2.10. The van der Waals surface area contributed by atoms with Crippen LogP contribution in [0.5, 0.6) is 0 Å². The maximum absolute atomic E-state index is 10.7. The SMILES string of the molecule is CC#CC(CCCCOC(C)=O)CS(=O)(=O)O. The average molecular weight is 262 g/mol. The zero-order valence-corrected chi connectivity index (χ0v) is 10.9. The van der Waals surface area contributed by atoms with Gasteiger partial charge in [-0.3, -0.25) is 9.35 Å². The molecule has 0 fully saturated rings. The largest absolute Gasteiger partial charge is 0.466 e. The summed E-state index contributed by atoms with van der Waals surface area (Å²) in [5.41, 5.74) is 0. The molecule has 0 radical (unpaired) electrons. The molecule has 0 heterocycles. The van der Waals surface area contributed by atoms with E-state index in [1.165, 1.54) is 6.92 Å². The zero-order valence-electron chi connectivity index (χ0n) is 10.1. The monoisotopic (exact) mass is 262 g/mol. The van der Waals surface area contributed by atoms with Gasteiger partial charge in [-0.2, -0.15) is 8.42 Å². The first-order valence-corrected chi connectivity index (χ1v) is 6.97. The van der Waals surface area contributed by atoms with E-state index in [0.717, 1.165) is 0 Å². The van der Waals surface area contributed by atoms with E-state index in [1.54, 1.807) is 6.92 Å². The van der Waals surface area contributed by atoms with Gasteiger partial charge in [0.05, 0.1) is 12.4 Å². The zero-order chi connectivity index (χ0) is 13.3. The molecular formula is C11H18O5S. The van der Waals surface area contributed by atoms with Gasteiger partial charge in [0.15, 0.2) is 0 Å². The summed E-state index contributed by atoms with van der Waals surface area (Å²) < 4.78 is 34.9. The van der Waals surface area contributed by atoms with E-state index in [4.69, 9.17) is 9.29 Å². The molecule has 5 nitrogen and oxygen atoms in total. The Hall–Kier alpha value is -1.06. The molecule has 1 atom stereocenters. The van der Waals surface area contributed by atoms with Gasteiger partial charge in [0.1, 0.15) is 0 Å². The highest BCUT2D eigenvalue weighted by atomic mass is 32.2. The average Bonchev–Trinajstić information content (AvgIpc) is 2.14. The first kappa shape index (κ1) is 15.9. The van der Waals surface area contributed by atoms with Crippen LogP contribution in [-0.4, -0.2) is 31.3 Å². The van der Waals surface area contributed by atoms with Crippen molar-refractivity contribution in [3.05, 3.63) is 0 Å². The minimum Gasteiger partial charge on any atom is -0.466 e. The van der Waals surface area contributed by atoms with Crippen LogP contribution in [0.15, 0.2) is 0 Å². The lowest BCUT2D eigenvalue weighted by molar-refractivity contribution is -0.141. The number of ether oxygens (including phenoxy) is 1. The van der Waals surface area contributed by atoms with E-state index in [2.05, 4.69) is 11.8 Å². The summed E-state index contributed by atoms with van der Waals surface area (Å²) in [6, 6.07) is 0. The van der Waals surface area contributed by atoms with Gasteiger partial charge in [-0.15, -0.1) is 5.92 Å². The molecule has 17 heavy (non-hydrogen) atoms. The van der Waals surface area contributed by atoms with Gasteiger partial charge in [0.2, 0.25) is 0 Å². The summed E-state index contributed by atoms with van der Waals surface area (Å²) in [6.45, 7) is 3.28. The van der Waals surface area contributed by atoms with Gasteiger partial charge in [0, 0.05) is 12.8 Å². The lowest BCUT2D eigenvalue weighted by Crippen LogP contribution is -2.14. The van der Waals surface area contributed by atoms with Crippen molar-refractivity contribution in [1.82, 2.24) is 0 Å². The van der Waals surface area contributed by atoms with Gasteiger partial charge in [-0.1, -0.05) is 5.92 Å². The topological polar surface area (TPSA) is 80.7 Å². The number of rotatable bonds is 7. The van der Waals surface area contributed by atoms with Crippen molar-refractivity contribution < 1.29 is 22.5 Å². The smallest absolute Gasteiger partial charge is 0.302 e. The Bertz CT molecular complexity index is 388. The Morgan fingerprint density at radius 3 is 2.53 bits per heavy atom. The van der Waals surface area contributed by atoms with Crippen molar-refractivity contribution in [2.45, 2.75) is 33.1 Å². The van der Waals surface area contributed by atoms with E-state index < -0.39 is 10.1 Å². The highest BCUT2D eigenvalue weighted by Gasteiger charge is 2.14. The van der Waals surface area contributed by atoms with Crippen LogP contribution >= 0.6 is 0 Å². The van der Waals surface area contributed by atoms with Crippen LogP contribution < -0.4 is 0 Å². The maximum Gasteiger partial charge on any atom is 0.302 e. The van der Waals surface area contributed by atoms with Crippen molar-refractivity contribution in [3.63, 3.8) is 0 Å². The Balaban J connectivity index is 3.93. The van der Waals surface area contributed by atoms with Crippen molar-refractivity contribution in [1.29, 1.82) is 0 Å². The Kier molecular flexibility index (Phi) is 7.59. The summed E-state index contributed by atoms with van der Waals surface area (Å²) in [5.74, 6) is 4.34. The standard InChI is InChI=1S/C11H18O5S/c1-3-6-11(9-17(13,14)15)7-4-5-8-16-10(2)12/h11H,4-5,7-9H2,1-2H3,(H,13,14,15). The van der Waals surface area contributed by atoms with Crippen LogP contribution in [0.3, 0.4) is 0 Å². The van der Waals surface area contributed by atoms with Gasteiger partial charge >= 0.3 is 5.97 Å². The molecule has 1 N–H and O–H groups in total. The van der Waals surface area contributed by atoms with E-state index in [0.29, 0.717) is 25.9 Å². The lowest BCUT2D eigenvalue weighted by Gasteiger charge is -2.08. The quantitative estimate of drug-likeness (QED) is 0.323. The minimum atomic E-state index is -3.99. The number of esters is 1. The Morgan fingerprint density at radius 2 is 2.06 bits per heavy atom.